The Labute approximate surface area is 117 Å². The second kappa shape index (κ2) is 5.53. The molecule has 0 fully saturated rings. The van der Waals surface area contributed by atoms with E-state index in [1.54, 1.807) is 11.6 Å². The molecule has 2 heterocycles. The highest BCUT2D eigenvalue weighted by Crippen LogP contribution is 2.36. The molecule has 0 saturated carbocycles. The van der Waals surface area contributed by atoms with Crippen LogP contribution < -0.4 is 5.32 Å². The lowest BCUT2D eigenvalue weighted by molar-refractivity contribution is -0.392. The lowest BCUT2D eigenvalue weighted by Gasteiger charge is -2.03. The molecule has 0 aliphatic carbocycles. The van der Waals surface area contributed by atoms with E-state index in [2.05, 4.69) is 20.5 Å². The standard InChI is InChI=1S/C9H12N6O2S2/c1-5(2)11-8-12-13-9(19-8)18-7-6(15(16)17)10-4-14(7)3/h4-5H,1-3H3,(H,11,12). The Balaban J connectivity index is 2.19. The molecule has 0 atom stereocenters. The van der Waals surface area contributed by atoms with Gasteiger partial charge in [-0.2, -0.15) is 0 Å². The predicted molar refractivity (Wildman–Crippen MR) is 72.7 cm³/mol. The molecule has 0 saturated heterocycles. The number of anilines is 1. The molecule has 10 heteroatoms. The van der Waals surface area contributed by atoms with Gasteiger partial charge in [-0.1, -0.05) is 11.3 Å². The molecule has 0 aliphatic rings. The van der Waals surface area contributed by atoms with Crippen molar-refractivity contribution in [2.24, 2.45) is 7.05 Å². The zero-order valence-corrected chi connectivity index (χ0v) is 12.2. The first-order chi connectivity index (χ1) is 8.97. The molecule has 2 rings (SSSR count). The summed E-state index contributed by atoms with van der Waals surface area (Å²) >= 11 is 2.54. The molecule has 0 bridgehead atoms. The number of hydrogen-bond donors (Lipinski definition) is 1. The fourth-order valence-corrected chi connectivity index (χ4v) is 3.21. The molecule has 19 heavy (non-hydrogen) atoms. The Hall–Kier alpha value is -1.68. The van der Waals surface area contributed by atoms with Gasteiger partial charge in [0.25, 0.3) is 0 Å². The first-order valence-electron chi connectivity index (χ1n) is 5.41. The summed E-state index contributed by atoms with van der Waals surface area (Å²) in [6, 6.07) is 0.261. The van der Waals surface area contributed by atoms with Crippen LogP contribution in [0.25, 0.3) is 0 Å². The molecule has 0 spiro atoms. The molecule has 2 aromatic heterocycles. The fraction of sp³-hybridized carbons (Fsp3) is 0.444. The van der Waals surface area contributed by atoms with Crippen molar-refractivity contribution in [1.29, 1.82) is 0 Å². The average Bonchev–Trinajstić information content (AvgIpc) is 2.87. The Morgan fingerprint density at radius 3 is 2.89 bits per heavy atom. The second-order valence-electron chi connectivity index (χ2n) is 4.02. The first-order valence-corrected chi connectivity index (χ1v) is 7.04. The van der Waals surface area contributed by atoms with Gasteiger partial charge in [0.05, 0.1) is 0 Å². The van der Waals surface area contributed by atoms with E-state index in [1.165, 1.54) is 29.4 Å². The van der Waals surface area contributed by atoms with Gasteiger partial charge in [0.1, 0.15) is 0 Å². The molecule has 0 amide bonds. The summed E-state index contributed by atoms with van der Waals surface area (Å²) in [6.07, 6.45) is 1.41. The second-order valence-corrected chi connectivity index (χ2v) is 6.23. The number of aromatic nitrogens is 4. The minimum atomic E-state index is -0.503. The van der Waals surface area contributed by atoms with E-state index in [4.69, 9.17) is 0 Å². The van der Waals surface area contributed by atoms with Crippen molar-refractivity contribution in [3.05, 3.63) is 16.4 Å². The zero-order valence-electron chi connectivity index (χ0n) is 10.5. The Morgan fingerprint density at radius 2 is 2.26 bits per heavy atom. The van der Waals surface area contributed by atoms with E-state index in [9.17, 15) is 10.1 Å². The summed E-state index contributed by atoms with van der Waals surface area (Å²) < 4.78 is 2.23. The van der Waals surface area contributed by atoms with Crippen LogP contribution in [0.4, 0.5) is 10.9 Å². The number of nitro groups is 1. The molecule has 0 radical (unpaired) electrons. The SMILES string of the molecule is CC(C)Nc1nnc(Sc2c([N+](=O)[O-])ncn2C)s1. The van der Waals surface area contributed by atoms with Crippen molar-refractivity contribution in [1.82, 2.24) is 19.7 Å². The van der Waals surface area contributed by atoms with Gasteiger partial charge in [-0.3, -0.25) is 0 Å². The Bertz CT molecular complexity index is 593. The molecule has 0 aliphatic heterocycles. The summed E-state index contributed by atoms with van der Waals surface area (Å²) in [5.41, 5.74) is 0. The normalized spacial score (nSPS) is 10.9. The monoisotopic (exact) mass is 300 g/mol. The topological polar surface area (TPSA) is 98.8 Å². The van der Waals surface area contributed by atoms with E-state index >= 15 is 0 Å². The van der Waals surface area contributed by atoms with Crippen molar-refractivity contribution in [2.45, 2.75) is 29.3 Å². The summed E-state index contributed by atoms with van der Waals surface area (Å²) in [7, 11) is 1.71. The molecule has 8 nitrogen and oxygen atoms in total. The quantitative estimate of drug-likeness (QED) is 0.667. The van der Waals surface area contributed by atoms with Gasteiger partial charge in [0.15, 0.2) is 9.37 Å². The molecule has 0 unspecified atom stereocenters. The Morgan fingerprint density at radius 1 is 1.53 bits per heavy atom. The fourth-order valence-electron chi connectivity index (χ4n) is 1.29. The lowest BCUT2D eigenvalue weighted by atomic mass is 10.4. The van der Waals surface area contributed by atoms with E-state index in [0.29, 0.717) is 14.5 Å². The van der Waals surface area contributed by atoms with Gasteiger partial charge in [0.2, 0.25) is 11.5 Å². The number of imidazole rings is 1. The Kier molecular flexibility index (Phi) is 4.00. The maximum atomic E-state index is 10.8. The van der Waals surface area contributed by atoms with Crippen molar-refractivity contribution >= 4 is 34.0 Å². The minimum Gasteiger partial charge on any atom is -0.358 e. The van der Waals surface area contributed by atoms with Gasteiger partial charge < -0.3 is 20.0 Å². The minimum absolute atomic E-state index is 0.166. The maximum Gasteiger partial charge on any atom is 0.396 e. The molecule has 102 valence electrons. The van der Waals surface area contributed by atoms with Crippen molar-refractivity contribution < 1.29 is 4.92 Å². The molecule has 2 aromatic rings. The summed E-state index contributed by atoms with van der Waals surface area (Å²) in [5, 5.41) is 23.1. The van der Waals surface area contributed by atoms with E-state index < -0.39 is 4.92 Å². The van der Waals surface area contributed by atoms with Gasteiger partial charge in [-0.25, -0.2) is 0 Å². The van der Waals surface area contributed by atoms with Crippen LogP contribution in [0.15, 0.2) is 15.7 Å². The van der Waals surface area contributed by atoms with E-state index in [1.807, 2.05) is 13.8 Å². The van der Waals surface area contributed by atoms with Crippen molar-refractivity contribution in [3.63, 3.8) is 0 Å². The largest absolute Gasteiger partial charge is 0.396 e. The smallest absolute Gasteiger partial charge is 0.358 e. The van der Waals surface area contributed by atoms with Gasteiger partial charge in [0, 0.05) is 13.1 Å². The zero-order chi connectivity index (χ0) is 14.0. The van der Waals surface area contributed by atoms with Gasteiger partial charge in [-0.05, 0) is 35.5 Å². The molecular formula is C9H12N6O2S2. The van der Waals surface area contributed by atoms with Crippen LogP contribution in [0.5, 0.6) is 0 Å². The third-order valence-electron chi connectivity index (χ3n) is 2.04. The van der Waals surface area contributed by atoms with Crippen LogP contribution in [-0.4, -0.2) is 30.7 Å². The van der Waals surface area contributed by atoms with Crippen LogP contribution in [0, 0.1) is 10.1 Å². The molecule has 1 N–H and O–H groups in total. The van der Waals surface area contributed by atoms with Crippen LogP contribution in [0.3, 0.4) is 0 Å². The number of nitrogens with one attached hydrogen (secondary N) is 1. The maximum absolute atomic E-state index is 10.8. The predicted octanol–water partition coefficient (Wildman–Crippen LogP) is 2.15. The average molecular weight is 300 g/mol. The number of aryl methyl sites for hydroxylation is 1. The number of hydrogen-bond acceptors (Lipinski definition) is 8. The van der Waals surface area contributed by atoms with Crippen molar-refractivity contribution in [2.75, 3.05) is 5.32 Å². The molecule has 0 aromatic carbocycles. The highest BCUT2D eigenvalue weighted by atomic mass is 32.2. The summed E-state index contributed by atoms with van der Waals surface area (Å²) in [4.78, 5) is 14.1. The number of nitrogens with zero attached hydrogens (tertiary/aromatic N) is 5. The summed E-state index contributed by atoms with van der Waals surface area (Å²) in [6.45, 7) is 4.00. The van der Waals surface area contributed by atoms with Crippen LogP contribution in [0.2, 0.25) is 0 Å². The van der Waals surface area contributed by atoms with Crippen molar-refractivity contribution in [3.8, 4) is 0 Å². The van der Waals surface area contributed by atoms with E-state index in [-0.39, 0.29) is 11.9 Å². The van der Waals surface area contributed by atoms with Gasteiger partial charge >= 0.3 is 5.82 Å². The highest BCUT2D eigenvalue weighted by Gasteiger charge is 2.22. The third kappa shape index (κ3) is 3.20. The van der Waals surface area contributed by atoms with E-state index in [0.717, 1.165) is 0 Å². The first kappa shape index (κ1) is 13.7. The number of rotatable bonds is 5. The van der Waals surface area contributed by atoms with Crippen LogP contribution in [0.1, 0.15) is 13.8 Å². The van der Waals surface area contributed by atoms with Crippen LogP contribution in [-0.2, 0) is 7.05 Å². The van der Waals surface area contributed by atoms with Crippen LogP contribution >= 0.6 is 23.1 Å². The van der Waals surface area contributed by atoms with Gasteiger partial charge in [-0.15, -0.1) is 10.2 Å². The lowest BCUT2D eigenvalue weighted by Crippen LogP contribution is -2.08. The molecular weight excluding hydrogens is 288 g/mol. The third-order valence-corrected chi connectivity index (χ3v) is 4.11. The highest BCUT2D eigenvalue weighted by molar-refractivity contribution is 8.01. The summed E-state index contributed by atoms with van der Waals surface area (Å²) in [5.74, 6) is -0.166.